The Balaban J connectivity index is 1.59. The lowest BCUT2D eigenvalue weighted by atomic mass is 9.87. The van der Waals surface area contributed by atoms with Crippen LogP contribution in [0, 0.1) is 0 Å². The summed E-state index contributed by atoms with van der Waals surface area (Å²) in [5.41, 5.74) is 7.24. The highest BCUT2D eigenvalue weighted by Gasteiger charge is 2.19. The molecule has 10 heteroatoms. The van der Waals surface area contributed by atoms with Crippen molar-refractivity contribution in [2.45, 2.75) is 44.4 Å². The number of hydrogen-bond acceptors (Lipinski definition) is 7. The molecule has 0 aliphatic heterocycles. The maximum Gasteiger partial charge on any atom is 0.237 e. The van der Waals surface area contributed by atoms with Crippen LogP contribution in [0.1, 0.15) is 38.6 Å². The first-order valence-corrected chi connectivity index (χ1v) is 11.8. The molecule has 0 aliphatic rings. The number of nitrogen functional groups attached to an aromatic ring is 1. The summed E-state index contributed by atoms with van der Waals surface area (Å²) in [5.74, 6) is 6.66. The lowest BCUT2D eigenvalue weighted by Gasteiger charge is -2.22. The van der Waals surface area contributed by atoms with Crippen LogP contribution < -0.4 is 21.2 Å². The van der Waals surface area contributed by atoms with E-state index in [1.165, 1.54) is 15.1 Å². The number of anilines is 1. The maximum absolute atomic E-state index is 12.9. The number of ether oxygens (including phenoxy) is 1. The highest BCUT2D eigenvalue weighted by atomic mass is 32.2. The minimum absolute atomic E-state index is 0.0649. The summed E-state index contributed by atoms with van der Waals surface area (Å²) < 4.78 is 7.12. The van der Waals surface area contributed by atoms with Gasteiger partial charge in [0, 0.05) is 18.7 Å². The van der Waals surface area contributed by atoms with Gasteiger partial charge in [-0.2, -0.15) is 0 Å². The second kappa shape index (κ2) is 11.1. The number of nitrogens with two attached hydrogens (primary N) is 2. The van der Waals surface area contributed by atoms with Crippen LogP contribution in [0.2, 0.25) is 0 Å². The van der Waals surface area contributed by atoms with Crippen LogP contribution in [-0.2, 0) is 21.6 Å². The Morgan fingerprint density at radius 2 is 1.74 bits per heavy atom. The van der Waals surface area contributed by atoms with Crippen LogP contribution in [-0.4, -0.2) is 39.0 Å². The summed E-state index contributed by atoms with van der Waals surface area (Å²) in [6.07, 6.45) is 0.0661. The van der Waals surface area contributed by atoms with Crippen molar-refractivity contribution < 1.29 is 14.3 Å². The zero-order valence-corrected chi connectivity index (χ0v) is 20.4. The second-order valence-electron chi connectivity index (χ2n) is 8.72. The van der Waals surface area contributed by atoms with Crippen molar-refractivity contribution in [3.63, 3.8) is 0 Å². The molecule has 0 fully saturated rings. The van der Waals surface area contributed by atoms with Crippen molar-refractivity contribution in [3.05, 3.63) is 66.0 Å². The zero-order chi connectivity index (χ0) is 24.7. The Morgan fingerprint density at radius 3 is 2.35 bits per heavy atom. The predicted molar refractivity (Wildman–Crippen MR) is 133 cm³/mol. The fraction of sp³-hybridized carbons (Fsp3) is 0.333. The summed E-state index contributed by atoms with van der Waals surface area (Å²) in [4.78, 5) is 25.7. The minimum Gasteiger partial charge on any atom is -0.486 e. The molecule has 2 amide bonds. The van der Waals surface area contributed by atoms with E-state index in [4.69, 9.17) is 16.3 Å². The fourth-order valence-corrected chi connectivity index (χ4v) is 3.89. The Bertz CT molecular complexity index is 1110. The third-order valence-corrected chi connectivity index (χ3v) is 6.03. The van der Waals surface area contributed by atoms with E-state index in [1.54, 1.807) is 12.1 Å². The number of para-hydroxylation sites is 1. The number of thioether (sulfide) groups is 1. The molecule has 1 aromatic heterocycles. The third-order valence-electron chi connectivity index (χ3n) is 5.10. The van der Waals surface area contributed by atoms with E-state index in [0.29, 0.717) is 22.4 Å². The first kappa shape index (κ1) is 25.1. The molecule has 4 N–H and O–H groups in total. The van der Waals surface area contributed by atoms with Gasteiger partial charge in [-0.15, -0.1) is 10.2 Å². The quantitative estimate of drug-likeness (QED) is 0.336. The molecule has 9 nitrogen and oxygen atoms in total. The Morgan fingerprint density at radius 1 is 1.06 bits per heavy atom. The number of amides is 2. The van der Waals surface area contributed by atoms with Crippen LogP contribution in [0.25, 0.3) is 0 Å². The average Bonchev–Trinajstić information content (AvgIpc) is 3.16. The average molecular weight is 483 g/mol. The summed E-state index contributed by atoms with van der Waals surface area (Å²) in [6, 6.07) is 17.0. The van der Waals surface area contributed by atoms with Gasteiger partial charge in [-0.05, 0) is 35.2 Å². The number of benzene rings is 2. The standard InChI is InChI=1S/C24H30N6O3S/c1-24(2,3)17-9-11-19(12-10-17)33-15-21-27-28-23(30(21)26)34-16-22(32)29(14-13-20(25)31)18-7-5-4-6-8-18/h4-12H,13-16,26H2,1-3H3,(H2,25,31). The SMILES string of the molecule is CC(C)(C)c1ccc(OCc2nnc(SCC(=O)N(CCC(N)=O)c3ccccc3)n2N)cc1. The van der Waals surface area contributed by atoms with Gasteiger partial charge in [-0.1, -0.05) is 62.9 Å². The molecule has 0 bridgehead atoms. The molecule has 0 saturated carbocycles. The van der Waals surface area contributed by atoms with E-state index < -0.39 is 5.91 Å². The van der Waals surface area contributed by atoms with Gasteiger partial charge in [0.25, 0.3) is 0 Å². The first-order valence-electron chi connectivity index (χ1n) is 10.8. The molecule has 34 heavy (non-hydrogen) atoms. The van der Waals surface area contributed by atoms with Gasteiger partial charge in [-0.25, -0.2) is 4.68 Å². The van der Waals surface area contributed by atoms with E-state index in [0.717, 1.165) is 11.8 Å². The van der Waals surface area contributed by atoms with Gasteiger partial charge in [0.15, 0.2) is 5.82 Å². The number of hydrogen-bond donors (Lipinski definition) is 2. The summed E-state index contributed by atoms with van der Waals surface area (Å²) in [6.45, 7) is 6.80. The van der Waals surface area contributed by atoms with Crippen LogP contribution in [0.15, 0.2) is 59.8 Å². The molecule has 180 valence electrons. The molecule has 0 radical (unpaired) electrons. The Kier molecular flexibility index (Phi) is 8.17. The Hall–Kier alpha value is -3.53. The molecule has 0 aliphatic carbocycles. The van der Waals surface area contributed by atoms with E-state index in [-0.39, 0.29) is 36.6 Å². The maximum atomic E-state index is 12.9. The molecule has 3 aromatic rings. The van der Waals surface area contributed by atoms with Crippen LogP contribution in [0.3, 0.4) is 0 Å². The van der Waals surface area contributed by atoms with Crippen molar-refractivity contribution in [2.24, 2.45) is 5.73 Å². The van der Waals surface area contributed by atoms with Gasteiger partial charge in [0.2, 0.25) is 17.0 Å². The van der Waals surface area contributed by atoms with Crippen molar-refractivity contribution in [3.8, 4) is 5.75 Å². The molecule has 3 rings (SSSR count). The van der Waals surface area contributed by atoms with Crippen molar-refractivity contribution in [1.82, 2.24) is 14.9 Å². The van der Waals surface area contributed by atoms with Crippen molar-refractivity contribution in [2.75, 3.05) is 23.0 Å². The molecule has 0 unspecified atom stereocenters. The van der Waals surface area contributed by atoms with E-state index >= 15 is 0 Å². The first-order chi connectivity index (χ1) is 16.1. The van der Waals surface area contributed by atoms with Crippen LogP contribution >= 0.6 is 11.8 Å². The highest BCUT2D eigenvalue weighted by Crippen LogP contribution is 2.25. The van der Waals surface area contributed by atoms with Gasteiger partial charge in [0.05, 0.1) is 5.75 Å². The van der Waals surface area contributed by atoms with Crippen molar-refractivity contribution >= 4 is 29.3 Å². The van der Waals surface area contributed by atoms with Crippen molar-refractivity contribution in [1.29, 1.82) is 0 Å². The van der Waals surface area contributed by atoms with Gasteiger partial charge < -0.3 is 21.2 Å². The molecule has 1 heterocycles. The van der Waals surface area contributed by atoms with Gasteiger partial charge in [0.1, 0.15) is 12.4 Å². The lowest BCUT2D eigenvalue weighted by molar-refractivity contribution is -0.118. The second-order valence-corrected chi connectivity index (χ2v) is 9.66. The number of primary amides is 1. The third kappa shape index (κ3) is 6.74. The predicted octanol–water partition coefficient (Wildman–Crippen LogP) is 2.87. The zero-order valence-electron chi connectivity index (χ0n) is 19.6. The number of nitrogens with zero attached hydrogens (tertiary/aromatic N) is 4. The van der Waals surface area contributed by atoms with Crippen LogP contribution in [0.5, 0.6) is 5.75 Å². The van der Waals surface area contributed by atoms with Gasteiger partial charge in [-0.3, -0.25) is 9.59 Å². The molecule has 0 spiro atoms. The summed E-state index contributed by atoms with van der Waals surface area (Å²) in [5, 5.41) is 8.55. The summed E-state index contributed by atoms with van der Waals surface area (Å²) in [7, 11) is 0. The highest BCUT2D eigenvalue weighted by molar-refractivity contribution is 7.99. The van der Waals surface area contributed by atoms with Gasteiger partial charge >= 0.3 is 0 Å². The smallest absolute Gasteiger partial charge is 0.237 e. The van der Waals surface area contributed by atoms with E-state index in [9.17, 15) is 9.59 Å². The molecular weight excluding hydrogens is 452 g/mol. The monoisotopic (exact) mass is 482 g/mol. The topological polar surface area (TPSA) is 129 Å². The largest absolute Gasteiger partial charge is 0.486 e. The summed E-state index contributed by atoms with van der Waals surface area (Å²) >= 11 is 1.16. The molecule has 0 atom stereocenters. The molecule has 0 saturated heterocycles. The molecule has 2 aromatic carbocycles. The lowest BCUT2D eigenvalue weighted by Crippen LogP contribution is -2.35. The minimum atomic E-state index is -0.472. The number of carbonyl (C=O) groups excluding carboxylic acids is 2. The normalized spacial score (nSPS) is 11.3. The number of aromatic nitrogens is 3. The molecular formula is C24H30N6O3S. The van der Waals surface area contributed by atoms with E-state index in [1.807, 2.05) is 42.5 Å². The van der Waals surface area contributed by atoms with Crippen LogP contribution in [0.4, 0.5) is 5.69 Å². The fourth-order valence-electron chi connectivity index (χ4n) is 3.14. The van der Waals surface area contributed by atoms with E-state index in [2.05, 4.69) is 31.0 Å². The Labute approximate surface area is 203 Å². The number of rotatable bonds is 10. The number of carbonyl (C=O) groups is 2.